The van der Waals surface area contributed by atoms with Crippen LogP contribution in [0, 0.1) is 11.3 Å². The average Bonchev–Trinajstić information content (AvgIpc) is 2.90. The van der Waals surface area contributed by atoms with Crippen molar-refractivity contribution >= 4 is 22.6 Å². The molecular formula is C31H38N2O3. The summed E-state index contributed by atoms with van der Waals surface area (Å²) in [6.07, 6.45) is 1.53. The van der Waals surface area contributed by atoms with Gasteiger partial charge >= 0.3 is 5.97 Å². The van der Waals surface area contributed by atoms with Gasteiger partial charge < -0.3 is 15.3 Å². The molecule has 190 valence electrons. The summed E-state index contributed by atoms with van der Waals surface area (Å²) in [5, 5.41) is 15.7. The van der Waals surface area contributed by atoms with E-state index in [9.17, 15) is 14.7 Å². The van der Waals surface area contributed by atoms with Gasteiger partial charge in [-0.25, -0.2) is 0 Å². The summed E-state index contributed by atoms with van der Waals surface area (Å²) >= 11 is 0. The molecule has 3 aromatic rings. The highest BCUT2D eigenvalue weighted by molar-refractivity contribution is 5.86. The molecule has 0 bridgehead atoms. The number of carboxylic acids is 1. The third-order valence-corrected chi connectivity index (χ3v) is 7.86. The molecule has 1 fully saturated rings. The molecule has 0 spiro atoms. The number of carbonyl (C=O) groups is 2. The molecule has 5 heteroatoms. The Morgan fingerprint density at radius 3 is 2.47 bits per heavy atom. The van der Waals surface area contributed by atoms with Gasteiger partial charge in [0, 0.05) is 31.5 Å². The number of fused-ring (bicyclic) bond motifs is 1. The minimum absolute atomic E-state index is 0.0563. The first kappa shape index (κ1) is 25.9. The number of amides is 1. The van der Waals surface area contributed by atoms with Crippen LogP contribution in [0.4, 0.5) is 0 Å². The monoisotopic (exact) mass is 486 g/mol. The van der Waals surface area contributed by atoms with Gasteiger partial charge in [-0.15, -0.1) is 0 Å². The summed E-state index contributed by atoms with van der Waals surface area (Å²) in [6, 6.07) is 25.7. The number of rotatable bonds is 9. The van der Waals surface area contributed by atoms with Gasteiger partial charge in [-0.3, -0.25) is 9.59 Å². The van der Waals surface area contributed by atoms with Crippen molar-refractivity contribution in [1.82, 2.24) is 10.2 Å². The van der Waals surface area contributed by atoms with Crippen LogP contribution in [0.5, 0.6) is 0 Å². The van der Waals surface area contributed by atoms with Gasteiger partial charge in [-0.1, -0.05) is 72.8 Å². The first-order chi connectivity index (χ1) is 17.3. The van der Waals surface area contributed by atoms with Crippen molar-refractivity contribution in [2.24, 2.45) is 11.3 Å². The van der Waals surface area contributed by atoms with Crippen LogP contribution in [0.3, 0.4) is 0 Å². The SMILES string of the molecule is C[C@@H](NCC1CCN(C(=O)CCC(C)(C)C(=O)O)CC1c1ccccc1)c1cccc2ccccc12. The van der Waals surface area contributed by atoms with Crippen LogP contribution in [-0.2, 0) is 9.59 Å². The van der Waals surface area contributed by atoms with E-state index in [2.05, 4.69) is 79.0 Å². The smallest absolute Gasteiger partial charge is 0.309 e. The number of nitrogens with one attached hydrogen (secondary N) is 1. The van der Waals surface area contributed by atoms with Gasteiger partial charge in [0.2, 0.25) is 5.91 Å². The molecule has 3 atom stereocenters. The third-order valence-electron chi connectivity index (χ3n) is 7.86. The third kappa shape index (κ3) is 5.96. The van der Waals surface area contributed by atoms with E-state index in [1.807, 2.05) is 11.0 Å². The van der Waals surface area contributed by atoms with E-state index in [0.717, 1.165) is 13.0 Å². The lowest BCUT2D eigenvalue weighted by Crippen LogP contribution is -2.45. The maximum absolute atomic E-state index is 13.0. The minimum Gasteiger partial charge on any atom is -0.481 e. The van der Waals surface area contributed by atoms with Crippen molar-refractivity contribution in [2.75, 3.05) is 19.6 Å². The highest BCUT2D eigenvalue weighted by Gasteiger charge is 2.34. The molecule has 0 aliphatic carbocycles. The van der Waals surface area contributed by atoms with Gasteiger partial charge in [0.05, 0.1) is 5.41 Å². The highest BCUT2D eigenvalue weighted by Crippen LogP contribution is 2.34. The molecule has 2 unspecified atom stereocenters. The fourth-order valence-corrected chi connectivity index (χ4v) is 5.30. The van der Waals surface area contributed by atoms with Gasteiger partial charge in [0.25, 0.3) is 0 Å². The van der Waals surface area contributed by atoms with Crippen molar-refractivity contribution in [3.05, 3.63) is 83.9 Å². The predicted molar refractivity (Wildman–Crippen MR) is 145 cm³/mol. The Kier molecular flexibility index (Phi) is 8.10. The Balaban J connectivity index is 1.44. The van der Waals surface area contributed by atoms with Crippen LogP contribution in [0.2, 0.25) is 0 Å². The Bertz CT molecular complexity index is 1190. The summed E-state index contributed by atoms with van der Waals surface area (Å²) in [5.74, 6) is -0.156. The van der Waals surface area contributed by atoms with Crippen molar-refractivity contribution < 1.29 is 14.7 Å². The topological polar surface area (TPSA) is 69.6 Å². The molecule has 0 aromatic heterocycles. The lowest BCUT2D eigenvalue weighted by atomic mass is 9.80. The van der Waals surface area contributed by atoms with E-state index >= 15 is 0 Å². The normalized spacial score (nSPS) is 19.2. The fourth-order valence-electron chi connectivity index (χ4n) is 5.30. The summed E-state index contributed by atoms with van der Waals surface area (Å²) in [7, 11) is 0. The second-order valence-electron chi connectivity index (χ2n) is 10.8. The molecule has 1 aliphatic heterocycles. The fraction of sp³-hybridized carbons (Fsp3) is 0.419. The Hall–Kier alpha value is -3.18. The molecule has 1 amide bonds. The molecule has 3 aromatic carbocycles. The summed E-state index contributed by atoms with van der Waals surface area (Å²) < 4.78 is 0. The zero-order valence-corrected chi connectivity index (χ0v) is 21.6. The van der Waals surface area contributed by atoms with Crippen LogP contribution in [0.1, 0.15) is 63.1 Å². The Morgan fingerprint density at radius 2 is 1.72 bits per heavy atom. The molecule has 5 nitrogen and oxygen atoms in total. The van der Waals surface area contributed by atoms with Crippen LogP contribution < -0.4 is 5.32 Å². The first-order valence-electron chi connectivity index (χ1n) is 13.0. The van der Waals surface area contributed by atoms with E-state index in [4.69, 9.17) is 0 Å². The molecule has 0 radical (unpaired) electrons. The second kappa shape index (κ2) is 11.3. The minimum atomic E-state index is -0.894. The predicted octanol–water partition coefficient (Wildman–Crippen LogP) is 6.01. The first-order valence-corrected chi connectivity index (χ1v) is 13.0. The second-order valence-corrected chi connectivity index (χ2v) is 10.8. The lowest BCUT2D eigenvalue weighted by molar-refractivity contribution is -0.147. The van der Waals surface area contributed by atoms with Crippen LogP contribution in [-0.4, -0.2) is 41.5 Å². The molecule has 1 aliphatic rings. The van der Waals surface area contributed by atoms with Crippen molar-refractivity contribution in [3.8, 4) is 0 Å². The van der Waals surface area contributed by atoms with Gasteiger partial charge in [0.15, 0.2) is 0 Å². The van der Waals surface area contributed by atoms with E-state index in [1.54, 1.807) is 13.8 Å². The van der Waals surface area contributed by atoms with Crippen LogP contribution in [0.15, 0.2) is 72.8 Å². The number of likely N-dealkylation sites (tertiary alicyclic amines) is 1. The average molecular weight is 487 g/mol. The number of piperidine rings is 1. The maximum Gasteiger partial charge on any atom is 0.309 e. The van der Waals surface area contributed by atoms with Gasteiger partial charge in [-0.2, -0.15) is 0 Å². The number of nitrogens with zero attached hydrogens (tertiary/aromatic N) is 1. The number of benzene rings is 3. The number of carbonyl (C=O) groups excluding carboxylic acids is 1. The molecule has 36 heavy (non-hydrogen) atoms. The van der Waals surface area contributed by atoms with Crippen LogP contribution >= 0.6 is 0 Å². The van der Waals surface area contributed by atoms with E-state index in [0.29, 0.717) is 25.4 Å². The number of hydrogen-bond acceptors (Lipinski definition) is 3. The summed E-state index contributed by atoms with van der Waals surface area (Å²) in [4.78, 5) is 26.4. The number of hydrogen-bond donors (Lipinski definition) is 2. The summed E-state index contributed by atoms with van der Waals surface area (Å²) in [5.41, 5.74) is 1.66. The maximum atomic E-state index is 13.0. The molecular weight excluding hydrogens is 448 g/mol. The quantitative estimate of drug-likeness (QED) is 0.388. The lowest BCUT2D eigenvalue weighted by Gasteiger charge is -2.40. The zero-order valence-electron chi connectivity index (χ0n) is 21.6. The molecule has 0 saturated carbocycles. The standard InChI is InChI=1S/C31H38N2O3/c1-22(26-15-9-13-23-12-7-8-14-27(23)26)32-20-25-17-19-33(21-28(25)24-10-5-4-6-11-24)29(34)16-18-31(2,3)30(35)36/h4-15,22,25,28,32H,16-21H2,1-3H3,(H,35,36)/t22-,25?,28?/m1/s1. The zero-order chi connectivity index (χ0) is 25.7. The molecule has 2 N–H and O–H groups in total. The van der Waals surface area contributed by atoms with E-state index < -0.39 is 11.4 Å². The van der Waals surface area contributed by atoms with E-state index in [-0.39, 0.29) is 24.3 Å². The summed E-state index contributed by atoms with van der Waals surface area (Å²) in [6.45, 7) is 7.85. The molecule has 4 rings (SSSR count). The van der Waals surface area contributed by atoms with Crippen molar-refractivity contribution in [1.29, 1.82) is 0 Å². The highest BCUT2D eigenvalue weighted by atomic mass is 16.4. The van der Waals surface area contributed by atoms with Gasteiger partial charge in [0.1, 0.15) is 0 Å². The number of carboxylic acid groups (broad SMARTS) is 1. The Morgan fingerprint density at radius 1 is 1.03 bits per heavy atom. The molecule has 1 heterocycles. The molecule has 1 saturated heterocycles. The van der Waals surface area contributed by atoms with Crippen molar-refractivity contribution in [3.63, 3.8) is 0 Å². The largest absolute Gasteiger partial charge is 0.481 e. The Labute approximate surface area is 214 Å². The number of aliphatic carboxylic acids is 1. The van der Waals surface area contributed by atoms with Crippen LogP contribution in [0.25, 0.3) is 10.8 Å². The van der Waals surface area contributed by atoms with E-state index in [1.165, 1.54) is 21.9 Å². The van der Waals surface area contributed by atoms with Crippen molar-refractivity contribution in [2.45, 2.75) is 52.0 Å². The van der Waals surface area contributed by atoms with Gasteiger partial charge in [-0.05, 0) is 68.0 Å².